The quantitative estimate of drug-likeness (QED) is 0.461. The van der Waals surface area contributed by atoms with Crippen molar-refractivity contribution in [2.45, 2.75) is 11.7 Å². The zero-order chi connectivity index (χ0) is 23.9. The highest BCUT2D eigenvalue weighted by atomic mass is 32.2. The summed E-state index contributed by atoms with van der Waals surface area (Å²) >= 11 is 1.03. The third-order valence-corrected chi connectivity index (χ3v) is 6.19. The number of benzene rings is 2. The number of rotatable bonds is 10. The van der Waals surface area contributed by atoms with Crippen molar-refractivity contribution >= 4 is 28.7 Å². The number of nitrogens with zero attached hydrogens (tertiary/aromatic N) is 2. The summed E-state index contributed by atoms with van der Waals surface area (Å²) in [5, 5.41) is 1.65. The number of thioether (sulfide) groups is 1. The molecule has 1 fully saturated rings. The number of imide groups is 1. The molecule has 0 radical (unpaired) electrons. The van der Waals surface area contributed by atoms with Crippen molar-refractivity contribution in [2.24, 2.45) is 0 Å². The zero-order valence-electron chi connectivity index (χ0n) is 18.9. The second kappa shape index (κ2) is 10.9. The summed E-state index contributed by atoms with van der Waals surface area (Å²) in [6.07, 6.45) is 2.21. The first kappa shape index (κ1) is 23.4. The number of aromatic nitrogens is 1. The Hall–Kier alpha value is -3.72. The van der Waals surface area contributed by atoms with Crippen molar-refractivity contribution in [2.75, 3.05) is 32.2 Å². The maximum atomic E-state index is 11.7. The number of hydrogen-bond donors (Lipinski definition) is 1. The molecule has 176 valence electrons. The van der Waals surface area contributed by atoms with E-state index in [-0.39, 0.29) is 16.4 Å². The molecule has 8 nitrogen and oxygen atoms in total. The largest absolute Gasteiger partial charge is 0.497 e. The summed E-state index contributed by atoms with van der Waals surface area (Å²) in [5.41, 5.74) is 0.977. The van der Waals surface area contributed by atoms with Crippen molar-refractivity contribution in [3.8, 4) is 23.0 Å². The molecule has 1 aromatic heterocycles. The number of amides is 2. The van der Waals surface area contributed by atoms with Gasteiger partial charge in [0.2, 0.25) is 5.91 Å². The lowest BCUT2D eigenvalue weighted by molar-refractivity contribution is -0.118. The number of anilines is 1. The number of methoxy groups -OCH3 is 1. The van der Waals surface area contributed by atoms with E-state index in [0.29, 0.717) is 31.1 Å². The molecule has 1 N–H and O–H groups in total. The summed E-state index contributed by atoms with van der Waals surface area (Å²) in [7, 11) is 3.57. The molecule has 0 spiro atoms. The van der Waals surface area contributed by atoms with Gasteiger partial charge in [-0.15, -0.1) is 0 Å². The molecule has 1 unspecified atom stereocenters. The van der Waals surface area contributed by atoms with Crippen LogP contribution < -0.4 is 24.4 Å². The molecule has 1 aliphatic rings. The fourth-order valence-corrected chi connectivity index (χ4v) is 4.19. The molecule has 0 bridgehead atoms. The first-order chi connectivity index (χ1) is 16.5. The van der Waals surface area contributed by atoms with Crippen LogP contribution in [-0.2, 0) is 11.2 Å². The fraction of sp³-hybridized carbons (Fsp3) is 0.240. The molecule has 34 heavy (non-hydrogen) atoms. The molecule has 1 atom stereocenters. The Morgan fingerprint density at radius 1 is 0.971 bits per heavy atom. The topological polar surface area (TPSA) is 90.0 Å². The Morgan fingerprint density at radius 3 is 2.35 bits per heavy atom. The van der Waals surface area contributed by atoms with Crippen LogP contribution in [0.2, 0.25) is 0 Å². The van der Waals surface area contributed by atoms with Gasteiger partial charge in [-0.2, -0.15) is 0 Å². The zero-order valence-corrected chi connectivity index (χ0v) is 19.7. The second-order valence-electron chi connectivity index (χ2n) is 7.63. The Bertz CT molecular complexity index is 1140. The van der Waals surface area contributed by atoms with Gasteiger partial charge in [0.05, 0.1) is 18.9 Å². The Balaban J connectivity index is 1.25. The molecule has 9 heteroatoms. The van der Waals surface area contributed by atoms with Crippen LogP contribution in [0.4, 0.5) is 10.6 Å². The normalized spacial score (nSPS) is 15.1. The number of hydrogen-bond acceptors (Lipinski definition) is 8. The Labute approximate surface area is 202 Å². The first-order valence-corrected chi connectivity index (χ1v) is 11.6. The SMILES string of the molecule is COc1ccc(Oc2ccnc(N(C)CCOc3ccc(CC4SC(=O)NC4=O)cc3)c2)cc1. The summed E-state index contributed by atoms with van der Waals surface area (Å²) in [4.78, 5) is 29.4. The lowest BCUT2D eigenvalue weighted by Crippen LogP contribution is -2.25. The smallest absolute Gasteiger partial charge is 0.286 e. The number of nitrogens with one attached hydrogen (secondary N) is 1. The van der Waals surface area contributed by atoms with Crippen LogP contribution >= 0.6 is 11.8 Å². The third kappa shape index (κ3) is 6.20. The molecule has 0 aliphatic carbocycles. The number of ether oxygens (including phenoxy) is 3. The van der Waals surface area contributed by atoms with E-state index in [9.17, 15) is 9.59 Å². The van der Waals surface area contributed by atoms with E-state index in [2.05, 4.69) is 10.3 Å². The van der Waals surface area contributed by atoms with E-state index in [1.807, 2.05) is 72.6 Å². The van der Waals surface area contributed by atoms with E-state index < -0.39 is 0 Å². The lowest BCUT2D eigenvalue weighted by atomic mass is 10.1. The molecule has 3 aromatic rings. The van der Waals surface area contributed by atoms with Gasteiger partial charge < -0.3 is 19.1 Å². The monoisotopic (exact) mass is 479 g/mol. The van der Waals surface area contributed by atoms with E-state index in [4.69, 9.17) is 14.2 Å². The summed E-state index contributed by atoms with van der Waals surface area (Å²) in [6, 6.07) is 18.6. The highest BCUT2D eigenvalue weighted by Crippen LogP contribution is 2.26. The van der Waals surface area contributed by atoms with Gasteiger partial charge in [0.15, 0.2) is 0 Å². The third-order valence-electron chi connectivity index (χ3n) is 5.21. The van der Waals surface area contributed by atoms with E-state index in [1.165, 1.54) is 0 Å². The van der Waals surface area contributed by atoms with E-state index >= 15 is 0 Å². The minimum Gasteiger partial charge on any atom is -0.497 e. The number of likely N-dealkylation sites (N-methyl/N-ethyl adjacent to an activating group) is 1. The molecule has 2 aromatic carbocycles. The Morgan fingerprint density at radius 2 is 1.68 bits per heavy atom. The highest BCUT2D eigenvalue weighted by molar-refractivity contribution is 8.15. The van der Waals surface area contributed by atoms with Gasteiger partial charge in [-0.05, 0) is 54.4 Å². The molecule has 0 saturated carbocycles. The van der Waals surface area contributed by atoms with Crippen LogP contribution in [0.3, 0.4) is 0 Å². The lowest BCUT2D eigenvalue weighted by Gasteiger charge is -2.19. The van der Waals surface area contributed by atoms with Gasteiger partial charge in [-0.1, -0.05) is 23.9 Å². The molecule has 2 heterocycles. The highest BCUT2D eigenvalue weighted by Gasteiger charge is 2.31. The van der Waals surface area contributed by atoms with Gasteiger partial charge in [0.25, 0.3) is 5.24 Å². The van der Waals surface area contributed by atoms with Gasteiger partial charge in [-0.25, -0.2) is 4.98 Å². The second-order valence-corrected chi connectivity index (χ2v) is 8.80. The Kier molecular flexibility index (Phi) is 7.54. The number of carbonyl (C=O) groups excluding carboxylic acids is 2. The predicted octanol–water partition coefficient (Wildman–Crippen LogP) is 4.29. The van der Waals surface area contributed by atoms with Gasteiger partial charge in [-0.3, -0.25) is 14.9 Å². The minimum absolute atomic E-state index is 0.231. The van der Waals surface area contributed by atoms with Crippen molar-refractivity contribution in [3.63, 3.8) is 0 Å². The predicted molar refractivity (Wildman–Crippen MR) is 131 cm³/mol. The van der Waals surface area contributed by atoms with Crippen molar-refractivity contribution in [3.05, 3.63) is 72.4 Å². The van der Waals surface area contributed by atoms with Crippen molar-refractivity contribution < 1.29 is 23.8 Å². The summed E-state index contributed by atoms with van der Waals surface area (Å²) < 4.78 is 16.9. The van der Waals surface area contributed by atoms with Crippen LogP contribution in [0.1, 0.15) is 5.56 Å². The van der Waals surface area contributed by atoms with Gasteiger partial charge in [0.1, 0.15) is 35.4 Å². The van der Waals surface area contributed by atoms with Gasteiger partial charge >= 0.3 is 0 Å². The molecule has 2 amide bonds. The van der Waals surface area contributed by atoms with Crippen LogP contribution in [0.15, 0.2) is 66.9 Å². The molecular formula is C25H25N3O5S. The standard InChI is InChI=1S/C25H25N3O5S/c1-28(23-16-21(11-12-26-23)33-20-9-7-18(31-2)8-10-20)13-14-32-19-5-3-17(4-6-19)15-22-24(29)27-25(30)34-22/h3-12,16,22H,13-15H2,1-2H3,(H,27,29,30). The molecule has 4 rings (SSSR count). The van der Waals surface area contributed by atoms with Crippen LogP contribution in [0.25, 0.3) is 0 Å². The summed E-state index contributed by atoms with van der Waals surface area (Å²) in [5.74, 6) is 3.45. The summed E-state index contributed by atoms with van der Waals surface area (Å²) in [6.45, 7) is 1.10. The van der Waals surface area contributed by atoms with E-state index in [1.54, 1.807) is 13.3 Å². The van der Waals surface area contributed by atoms with Gasteiger partial charge in [0, 0.05) is 19.3 Å². The maximum Gasteiger partial charge on any atom is 0.286 e. The molecule has 1 saturated heterocycles. The van der Waals surface area contributed by atoms with Crippen LogP contribution in [0, 0.1) is 0 Å². The van der Waals surface area contributed by atoms with Crippen LogP contribution in [0.5, 0.6) is 23.0 Å². The fourth-order valence-electron chi connectivity index (χ4n) is 3.33. The first-order valence-electron chi connectivity index (χ1n) is 10.7. The molecular weight excluding hydrogens is 454 g/mol. The van der Waals surface area contributed by atoms with Crippen molar-refractivity contribution in [1.29, 1.82) is 0 Å². The maximum absolute atomic E-state index is 11.7. The minimum atomic E-state index is -0.370. The van der Waals surface area contributed by atoms with Crippen molar-refractivity contribution in [1.82, 2.24) is 10.3 Å². The number of carbonyl (C=O) groups is 2. The average Bonchev–Trinajstić information content (AvgIpc) is 3.17. The van der Waals surface area contributed by atoms with Crippen LogP contribution in [-0.4, -0.2) is 48.7 Å². The average molecular weight is 480 g/mol. The number of pyridine rings is 1. The molecule has 1 aliphatic heterocycles. The van der Waals surface area contributed by atoms with E-state index in [0.717, 1.165) is 34.6 Å².